The summed E-state index contributed by atoms with van der Waals surface area (Å²) in [5.41, 5.74) is 0.227. The topological polar surface area (TPSA) is 68.2 Å². The monoisotopic (exact) mass is 276 g/mol. The average molecular weight is 276 g/mol. The maximum absolute atomic E-state index is 12.3. The summed E-state index contributed by atoms with van der Waals surface area (Å²) < 4.78 is 0. The lowest BCUT2D eigenvalue weighted by molar-refractivity contribution is -0.127. The Balaban J connectivity index is 1.94. The number of hydrogen-bond donors (Lipinski definition) is 2. The molecule has 2 rings (SSSR count). The molecule has 0 aromatic rings. The number of nitrogens with zero attached hydrogens (tertiary/aromatic N) is 2. The first-order valence-electron chi connectivity index (χ1n) is 7.58. The van der Waals surface area contributed by atoms with Crippen LogP contribution in [0.15, 0.2) is 11.8 Å². The van der Waals surface area contributed by atoms with Gasteiger partial charge in [-0.05, 0) is 18.8 Å². The van der Waals surface area contributed by atoms with Crippen molar-refractivity contribution in [2.45, 2.75) is 38.6 Å². The van der Waals surface area contributed by atoms with E-state index in [4.69, 9.17) is 0 Å². The minimum Gasteiger partial charge on any atom is -0.387 e. The fraction of sp³-hybridized carbons (Fsp3) is 0.733. The van der Waals surface area contributed by atoms with E-state index in [0.29, 0.717) is 25.0 Å². The third-order valence-electron chi connectivity index (χ3n) is 4.31. The Morgan fingerprint density at radius 1 is 1.35 bits per heavy atom. The van der Waals surface area contributed by atoms with Crippen LogP contribution in [0.4, 0.5) is 0 Å². The summed E-state index contributed by atoms with van der Waals surface area (Å²) in [5, 5.41) is 15.7. The lowest BCUT2D eigenvalue weighted by Crippen LogP contribution is -2.47. The molecule has 0 radical (unpaired) electrons. The van der Waals surface area contributed by atoms with Crippen LogP contribution in [0.5, 0.6) is 0 Å². The largest absolute Gasteiger partial charge is 0.387 e. The summed E-state index contributed by atoms with van der Waals surface area (Å²) >= 11 is 0. The molecule has 2 unspecified atom stereocenters. The Morgan fingerprint density at radius 3 is 2.70 bits per heavy atom. The van der Waals surface area contributed by atoms with Gasteiger partial charge in [-0.2, -0.15) is 5.26 Å². The van der Waals surface area contributed by atoms with Crippen LogP contribution in [0, 0.1) is 17.2 Å². The molecule has 1 aliphatic heterocycles. The molecule has 110 valence electrons. The van der Waals surface area contributed by atoms with Gasteiger partial charge in [0.2, 0.25) is 0 Å². The molecular weight excluding hydrogens is 252 g/mol. The van der Waals surface area contributed by atoms with Crippen molar-refractivity contribution in [3.63, 3.8) is 0 Å². The molecule has 1 amide bonds. The maximum Gasteiger partial charge on any atom is 0.266 e. The Hall–Kier alpha value is -1.54. The van der Waals surface area contributed by atoms with Crippen molar-refractivity contribution in [3.8, 4) is 6.07 Å². The van der Waals surface area contributed by atoms with Crippen LogP contribution in [0.3, 0.4) is 0 Å². The molecule has 2 aliphatic rings. The van der Waals surface area contributed by atoms with Gasteiger partial charge in [-0.15, -0.1) is 0 Å². The van der Waals surface area contributed by atoms with Gasteiger partial charge < -0.3 is 15.5 Å². The van der Waals surface area contributed by atoms with Gasteiger partial charge in [0.05, 0.1) is 0 Å². The molecule has 0 spiro atoms. The highest BCUT2D eigenvalue weighted by Gasteiger charge is 2.22. The smallest absolute Gasteiger partial charge is 0.266 e. The van der Waals surface area contributed by atoms with Gasteiger partial charge in [-0.3, -0.25) is 4.79 Å². The molecule has 0 bridgehead atoms. The van der Waals surface area contributed by atoms with Gasteiger partial charge >= 0.3 is 0 Å². The zero-order valence-electron chi connectivity index (χ0n) is 12.2. The lowest BCUT2D eigenvalue weighted by Gasteiger charge is -2.30. The van der Waals surface area contributed by atoms with E-state index in [0.717, 1.165) is 19.5 Å². The first kappa shape index (κ1) is 14.9. The second kappa shape index (κ2) is 7.30. The van der Waals surface area contributed by atoms with E-state index in [9.17, 15) is 10.1 Å². The van der Waals surface area contributed by atoms with Crippen molar-refractivity contribution < 1.29 is 4.79 Å². The minimum atomic E-state index is -0.148. The molecule has 1 aliphatic carbocycles. The third kappa shape index (κ3) is 3.73. The van der Waals surface area contributed by atoms with Crippen LogP contribution < -0.4 is 10.6 Å². The predicted molar refractivity (Wildman–Crippen MR) is 77.7 cm³/mol. The van der Waals surface area contributed by atoms with Crippen LogP contribution in [0.25, 0.3) is 0 Å². The second-order valence-corrected chi connectivity index (χ2v) is 5.75. The molecular formula is C15H24N4O. The van der Waals surface area contributed by atoms with Crippen LogP contribution in [0.2, 0.25) is 0 Å². The molecule has 0 aromatic carbocycles. The SMILES string of the molecule is CC1CCCCC1N/C=C(/C#N)C(=O)N1CCNCC1. The van der Waals surface area contributed by atoms with E-state index in [1.165, 1.54) is 19.3 Å². The van der Waals surface area contributed by atoms with E-state index >= 15 is 0 Å². The number of nitrogens with one attached hydrogen (secondary N) is 2. The van der Waals surface area contributed by atoms with Crippen LogP contribution in [0.1, 0.15) is 32.6 Å². The quantitative estimate of drug-likeness (QED) is 0.596. The number of amides is 1. The first-order valence-corrected chi connectivity index (χ1v) is 7.58. The highest BCUT2D eigenvalue weighted by Crippen LogP contribution is 2.23. The van der Waals surface area contributed by atoms with Crippen molar-refractivity contribution in [2.24, 2.45) is 5.92 Å². The second-order valence-electron chi connectivity index (χ2n) is 5.75. The van der Waals surface area contributed by atoms with Gasteiger partial charge in [0.15, 0.2) is 0 Å². The Bertz CT molecular complexity index is 407. The molecule has 1 saturated heterocycles. The zero-order valence-corrected chi connectivity index (χ0v) is 12.2. The molecule has 1 saturated carbocycles. The number of rotatable bonds is 3. The van der Waals surface area contributed by atoms with E-state index in [1.807, 2.05) is 6.07 Å². The Kier molecular flexibility index (Phi) is 5.42. The number of carbonyl (C=O) groups excluding carboxylic acids is 1. The summed E-state index contributed by atoms with van der Waals surface area (Å²) in [7, 11) is 0. The Morgan fingerprint density at radius 2 is 2.05 bits per heavy atom. The zero-order chi connectivity index (χ0) is 14.4. The fourth-order valence-electron chi connectivity index (χ4n) is 2.93. The first-order chi connectivity index (χ1) is 9.72. The van der Waals surface area contributed by atoms with Gasteiger partial charge in [-0.1, -0.05) is 19.8 Å². The summed E-state index contributed by atoms with van der Waals surface area (Å²) in [6.45, 7) is 5.19. The molecule has 0 aromatic heterocycles. The van der Waals surface area contributed by atoms with Gasteiger partial charge in [0.25, 0.3) is 5.91 Å². The molecule has 5 nitrogen and oxygen atoms in total. The maximum atomic E-state index is 12.3. The molecule has 2 atom stereocenters. The number of carbonyl (C=O) groups is 1. The number of hydrogen-bond acceptors (Lipinski definition) is 4. The van der Waals surface area contributed by atoms with Crippen molar-refractivity contribution in [1.29, 1.82) is 5.26 Å². The highest BCUT2D eigenvalue weighted by molar-refractivity contribution is 5.97. The van der Waals surface area contributed by atoms with Crippen molar-refractivity contribution >= 4 is 5.91 Å². The molecule has 2 fully saturated rings. The summed E-state index contributed by atoms with van der Waals surface area (Å²) in [4.78, 5) is 14.0. The standard InChI is InChI=1S/C15H24N4O/c1-12-4-2-3-5-14(12)18-11-13(10-16)15(20)19-8-6-17-7-9-19/h11-12,14,17-18H,2-9H2,1H3/b13-11-. The normalized spacial score (nSPS) is 27.8. The van der Waals surface area contributed by atoms with Gasteiger partial charge in [0.1, 0.15) is 11.6 Å². The fourth-order valence-corrected chi connectivity index (χ4v) is 2.93. The van der Waals surface area contributed by atoms with E-state index < -0.39 is 0 Å². The summed E-state index contributed by atoms with van der Waals surface area (Å²) in [5.74, 6) is 0.458. The molecule has 5 heteroatoms. The molecule has 2 N–H and O–H groups in total. The predicted octanol–water partition coefficient (Wildman–Crippen LogP) is 0.994. The van der Waals surface area contributed by atoms with Crippen molar-refractivity contribution in [3.05, 3.63) is 11.8 Å². The number of nitriles is 1. The van der Waals surface area contributed by atoms with E-state index in [-0.39, 0.29) is 11.5 Å². The van der Waals surface area contributed by atoms with Crippen LogP contribution >= 0.6 is 0 Å². The summed E-state index contributed by atoms with van der Waals surface area (Å²) in [6.07, 6.45) is 6.49. The highest BCUT2D eigenvalue weighted by atomic mass is 16.2. The Labute approximate surface area is 121 Å². The molecule has 20 heavy (non-hydrogen) atoms. The summed E-state index contributed by atoms with van der Waals surface area (Å²) in [6, 6.07) is 2.43. The van der Waals surface area contributed by atoms with E-state index in [1.54, 1.807) is 11.1 Å². The van der Waals surface area contributed by atoms with Crippen LogP contribution in [-0.4, -0.2) is 43.0 Å². The van der Waals surface area contributed by atoms with Crippen molar-refractivity contribution in [2.75, 3.05) is 26.2 Å². The average Bonchev–Trinajstić information content (AvgIpc) is 2.50. The number of piperazine rings is 1. The lowest BCUT2D eigenvalue weighted by atomic mass is 9.86. The van der Waals surface area contributed by atoms with E-state index in [2.05, 4.69) is 17.6 Å². The molecule has 1 heterocycles. The third-order valence-corrected chi connectivity index (χ3v) is 4.31. The van der Waals surface area contributed by atoms with Gasteiger partial charge in [0, 0.05) is 38.4 Å². The minimum absolute atomic E-state index is 0.148. The van der Waals surface area contributed by atoms with Crippen LogP contribution in [-0.2, 0) is 4.79 Å². The van der Waals surface area contributed by atoms with Crippen molar-refractivity contribution in [1.82, 2.24) is 15.5 Å². The van der Waals surface area contributed by atoms with Gasteiger partial charge in [-0.25, -0.2) is 0 Å².